The zero-order valence-corrected chi connectivity index (χ0v) is 13.3. The van der Waals surface area contributed by atoms with Crippen molar-refractivity contribution >= 4 is 17.7 Å². The molecule has 122 valence electrons. The first-order valence-corrected chi connectivity index (χ1v) is 7.35. The molecule has 0 aliphatic heterocycles. The number of hydrogen-bond donors (Lipinski definition) is 2. The fourth-order valence-corrected chi connectivity index (χ4v) is 1.95. The van der Waals surface area contributed by atoms with Crippen LogP contribution in [0.3, 0.4) is 0 Å². The second kappa shape index (κ2) is 8.92. The number of phenols is 1. The number of aromatic hydroxyl groups is 1. The third-order valence-electron chi connectivity index (χ3n) is 3.30. The van der Waals surface area contributed by atoms with Gasteiger partial charge >= 0.3 is 12.1 Å². The topological polar surface area (TPSA) is 84.9 Å². The van der Waals surface area contributed by atoms with Crippen LogP contribution in [0.4, 0.5) is 10.5 Å². The van der Waals surface area contributed by atoms with Crippen molar-refractivity contribution in [2.75, 3.05) is 19.0 Å². The molecule has 0 bridgehead atoms. The zero-order valence-electron chi connectivity index (χ0n) is 13.3. The molecule has 0 saturated heterocycles. The molecule has 0 saturated carbocycles. The summed E-state index contributed by atoms with van der Waals surface area (Å²) in [6, 6.07) is 2.92. The van der Waals surface area contributed by atoms with Crippen LogP contribution in [0.1, 0.15) is 48.5 Å². The predicted molar refractivity (Wildman–Crippen MR) is 83.3 cm³/mol. The molecule has 0 atom stereocenters. The van der Waals surface area contributed by atoms with E-state index in [1.165, 1.54) is 19.2 Å². The highest BCUT2D eigenvalue weighted by Crippen LogP contribution is 2.29. The lowest BCUT2D eigenvalue weighted by Crippen LogP contribution is -2.15. The molecule has 1 rings (SSSR count). The number of rotatable bonds is 7. The summed E-state index contributed by atoms with van der Waals surface area (Å²) in [4.78, 5) is 23.1. The normalized spacial score (nSPS) is 10.1. The minimum absolute atomic E-state index is 0.0542. The lowest BCUT2D eigenvalue weighted by Gasteiger charge is -2.12. The summed E-state index contributed by atoms with van der Waals surface area (Å²) in [6.07, 6.45) is 3.51. The maximum absolute atomic E-state index is 11.7. The molecule has 0 heterocycles. The van der Waals surface area contributed by atoms with E-state index in [2.05, 4.69) is 17.0 Å². The van der Waals surface area contributed by atoms with Crippen molar-refractivity contribution < 1.29 is 24.2 Å². The largest absolute Gasteiger partial charge is 0.507 e. The Labute approximate surface area is 130 Å². The van der Waals surface area contributed by atoms with E-state index in [-0.39, 0.29) is 11.3 Å². The van der Waals surface area contributed by atoms with Gasteiger partial charge in [0.2, 0.25) is 0 Å². The van der Waals surface area contributed by atoms with Crippen LogP contribution in [-0.4, -0.2) is 30.9 Å². The first-order chi connectivity index (χ1) is 10.5. The van der Waals surface area contributed by atoms with Gasteiger partial charge in [0, 0.05) is 5.56 Å². The van der Waals surface area contributed by atoms with E-state index in [0.29, 0.717) is 17.9 Å². The summed E-state index contributed by atoms with van der Waals surface area (Å²) in [5.41, 5.74) is 0.827. The van der Waals surface area contributed by atoms with Crippen LogP contribution in [0.25, 0.3) is 0 Å². The second-order valence-corrected chi connectivity index (χ2v) is 4.95. The molecule has 0 aliphatic carbocycles. The van der Waals surface area contributed by atoms with Gasteiger partial charge in [-0.05, 0) is 25.5 Å². The second-order valence-electron chi connectivity index (χ2n) is 4.95. The van der Waals surface area contributed by atoms with Crippen LogP contribution in [-0.2, 0) is 9.47 Å². The molecule has 0 radical (unpaired) electrons. The van der Waals surface area contributed by atoms with Crippen molar-refractivity contribution in [3.05, 3.63) is 23.3 Å². The van der Waals surface area contributed by atoms with E-state index < -0.39 is 12.1 Å². The fraction of sp³-hybridized carbons (Fsp3) is 0.500. The number of methoxy groups -OCH3 is 1. The van der Waals surface area contributed by atoms with Crippen LogP contribution in [0, 0.1) is 6.92 Å². The number of phenolic OH excluding ortho intramolecular Hbond substituents is 1. The van der Waals surface area contributed by atoms with Crippen molar-refractivity contribution in [3.63, 3.8) is 0 Å². The average Bonchev–Trinajstić information content (AvgIpc) is 2.51. The van der Waals surface area contributed by atoms with E-state index in [1.54, 1.807) is 6.92 Å². The Bertz CT molecular complexity index is 528. The predicted octanol–water partition coefficient (Wildman–Crippen LogP) is 3.62. The smallest absolute Gasteiger partial charge is 0.411 e. The molecule has 0 aliphatic rings. The number of carbonyl (C=O) groups is 2. The lowest BCUT2D eigenvalue weighted by molar-refractivity contribution is 0.0597. The molecule has 1 aromatic rings. The van der Waals surface area contributed by atoms with Crippen LogP contribution >= 0.6 is 0 Å². The highest BCUT2D eigenvalue weighted by Gasteiger charge is 2.16. The SMILES string of the molecule is CCCCCCOC(=O)Nc1ccc(C(=O)OC)c(O)c1C. The number of amides is 1. The molecule has 22 heavy (non-hydrogen) atoms. The van der Waals surface area contributed by atoms with E-state index in [9.17, 15) is 14.7 Å². The Morgan fingerprint density at radius 1 is 1.23 bits per heavy atom. The summed E-state index contributed by atoms with van der Waals surface area (Å²) in [6.45, 7) is 4.07. The van der Waals surface area contributed by atoms with E-state index in [0.717, 1.165) is 25.7 Å². The molecule has 1 amide bonds. The maximum Gasteiger partial charge on any atom is 0.411 e. The van der Waals surface area contributed by atoms with Crippen molar-refractivity contribution in [2.24, 2.45) is 0 Å². The third-order valence-corrected chi connectivity index (χ3v) is 3.30. The molecule has 0 unspecified atom stereocenters. The van der Waals surface area contributed by atoms with Crippen LogP contribution in [0.5, 0.6) is 5.75 Å². The molecule has 0 fully saturated rings. The number of hydrogen-bond acceptors (Lipinski definition) is 5. The lowest BCUT2D eigenvalue weighted by atomic mass is 10.1. The standard InChI is InChI=1S/C16H23NO5/c1-4-5-6-7-10-22-16(20)17-13-9-8-12(15(19)21-3)14(18)11(13)2/h8-9,18H,4-7,10H2,1-3H3,(H,17,20). The number of anilines is 1. The minimum atomic E-state index is -0.634. The molecule has 0 aromatic heterocycles. The van der Waals surface area contributed by atoms with Gasteiger partial charge in [0.1, 0.15) is 11.3 Å². The Morgan fingerprint density at radius 2 is 1.95 bits per heavy atom. The van der Waals surface area contributed by atoms with Gasteiger partial charge in [0.05, 0.1) is 19.4 Å². The molecule has 6 heteroatoms. The summed E-state index contributed by atoms with van der Waals surface area (Å²) >= 11 is 0. The summed E-state index contributed by atoms with van der Waals surface area (Å²) in [5, 5.41) is 12.5. The molecular formula is C16H23NO5. The zero-order chi connectivity index (χ0) is 16.5. The third kappa shape index (κ3) is 4.95. The Morgan fingerprint density at radius 3 is 2.59 bits per heavy atom. The van der Waals surface area contributed by atoms with Crippen molar-refractivity contribution in [1.82, 2.24) is 0 Å². The van der Waals surface area contributed by atoms with E-state index in [4.69, 9.17) is 4.74 Å². The van der Waals surface area contributed by atoms with Crippen molar-refractivity contribution in [1.29, 1.82) is 0 Å². The van der Waals surface area contributed by atoms with Crippen LogP contribution in [0.15, 0.2) is 12.1 Å². The van der Waals surface area contributed by atoms with Gasteiger partial charge in [0.15, 0.2) is 0 Å². The monoisotopic (exact) mass is 309 g/mol. The number of unbranched alkanes of at least 4 members (excludes halogenated alkanes) is 3. The number of esters is 1. The van der Waals surface area contributed by atoms with Crippen LogP contribution in [0.2, 0.25) is 0 Å². The van der Waals surface area contributed by atoms with E-state index in [1.807, 2.05) is 0 Å². The maximum atomic E-state index is 11.7. The summed E-state index contributed by atoms with van der Waals surface area (Å²) in [7, 11) is 1.24. The first-order valence-electron chi connectivity index (χ1n) is 7.35. The van der Waals surface area contributed by atoms with Crippen molar-refractivity contribution in [3.8, 4) is 5.75 Å². The number of carbonyl (C=O) groups excluding carboxylic acids is 2. The van der Waals surface area contributed by atoms with Gasteiger partial charge in [-0.15, -0.1) is 0 Å². The average molecular weight is 309 g/mol. The number of nitrogens with one attached hydrogen (secondary N) is 1. The summed E-state index contributed by atoms with van der Waals surface area (Å²) in [5.74, 6) is -0.849. The van der Waals surface area contributed by atoms with Crippen LogP contribution < -0.4 is 5.32 Å². The molecule has 2 N–H and O–H groups in total. The quantitative estimate of drug-likeness (QED) is 0.593. The molecule has 6 nitrogen and oxygen atoms in total. The Hall–Kier alpha value is -2.24. The van der Waals surface area contributed by atoms with Gasteiger partial charge in [-0.3, -0.25) is 5.32 Å². The van der Waals surface area contributed by atoms with Gasteiger partial charge in [-0.1, -0.05) is 26.2 Å². The highest BCUT2D eigenvalue weighted by atomic mass is 16.5. The van der Waals surface area contributed by atoms with Gasteiger partial charge < -0.3 is 14.6 Å². The summed E-state index contributed by atoms with van der Waals surface area (Å²) < 4.78 is 9.63. The molecule has 1 aromatic carbocycles. The van der Waals surface area contributed by atoms with Gasteiger partial charge in [0.25, 0.3) is 0 Å². The fourth-order valence-electron chi connectivity index (χ4n) is 1.95. The van der Waals surface area contributed by atoms with E-state index >= 15 is 0 Å². The molecule has 0 spiro atoms. The number of ether oxygens (including phenoxy) is 2. The van der Waals surface area contributed by atoms with Crippen molar-refractivity contribution in [2.45, 2.75) is 39.5 Å². The van der Waals surface area contributed by atoms with Gasteiger partial charge in [-0.25, -0.2) is 9.59 Å². The molecular weight excluding hydrogens is 286 g/mol. The number of benzene rings is 1. The Kier molecular flexibility index (Phi) is 7.22. The first kappa shape index (κ1) is 17.8. The minimum Gasteiger partial charge on any atom is -0.507 e. The highest BCUT2D eigenvalue weighted by molar-refractivity contribution is 5.95. The van der Waals surface area contributed by atoms with Gasteiger partial charge in [-0.2, -0.15) is 0 Å². The Balaban J connectivity index is 2.61.